The highest BCUT2D eigenvalue weighted by atomic mass is 35.5. The van der Waals surface area contributed by atoms with Gasteiger partial charge in [0.2, 0.25) is 5.88 Å². The number of aliphatic hydroxyl groups excluding tert-OH is 1. The highest BCUT2D eigenvalue weighted by molar-refractivity contribution is 6.30. The average molecular weight is 557 g/mol. The van der Waals surface area contributed by atoms with Crippen molar-refractivity contribution < 1.29 is 19.0 Å². The summed E-state index contributed by atoms with van der Waals surface area (Å²) in [6.07, 6.45) is 0.563. The number of benzene rings is 2. The van der Waals surface area contributed by atoms with Crippen molar-refractivity contribution in [2.24, 2.45) is 0 Å². The largest absolute Gasteiger partial charge is 0.493 e. The van der Waals surface area contributed by atoms with Crippen LogP contribution in [0.5, 0.6) is 5.88 Å². The predicted octanol–water partition coefficient (Wildman–Crippen LogP) is 4.78. The van der Waals surface area contributed by atoms with E-state index in [1.54, 1.807) is 42.2 Å². The molecule has 8 nitrogen and oxygen atoms in total. The smallest absolute Gasteiger partial charge is 0.285 e. The van der Waals surface area contributed by atoms with Crippen LogP contribution in [0.3, 0.4) is 0 Å². The Morgan fingerprint density at radius 3 is 2.67 bits per heavy atom. The summed E-state index contributed by atoms with van der Waals surface area (Å²) in [4.78, 5) is 15.6. The fourth-order valence-electron chi connectivity index (χ4n) is 4.86. The Hall–Kier alpha value is -3.31. The van der Waals surface area contributed by atoms with Crippen LogP contribution in [0, 0.1) is 6.92 Å². The van der Waals surface area contributed by atoms with Crippen molar-refractivity contribution in [2.45, 2.75) is 19.0 Å². The molecule has 1 aliphatic heterocycles. The molecule has 3 heterocycles. The Morgan fingerprint density at radius 2 is 1.92 bits per heavy atom. The summed E-state index contributed by atoms with van der Waals surface area (Å²) < 4.78 is 30.7. The lowest BCUT2D eigenvalue weighted by molar-refractivity contribution is -0.0458. The number of nitrogens with zero attached hydrogens (tertiary/aromatic N) is 4. The van der Waals surface area contributed by atoms with Gasteiger partial charge in [0.1, 0.15) is 11.4 Å². The normalized spacial score (nSPS) is 16.1. The number of alkyl halides is 2. The number of piperazine rings is 1. The first-order valence-corrected chi connectivity index (χ1v) is 13.1. The zero-order chi connectivity index (χ0) is 27.7. The van der Waals surface area contributed by atoms with Crippen LogP contribution in [0.4, 0.5) is 14.5 Å². The number of hydrogen-bond donors (Lipinski definition) is 4. The summed E-state index contributed by atoms with van der Waals surface area (Å²) in [7, 11) is 1.99. The maximum absolute atomic E-state index is 15.4. The lowest BCUT2D eigenvalue weighted by Crippen LogP contribution is -2.47. The first-order chi connectivity index (χ1) is 18.6. The van der Waals surface area contributed by atoms with Gasteiger partial charge in [0.05, 0.1) is 29.4 Å². The van der Waals surface area contributed by atoms with Crippen LogP contribution in [-0.4, -0.2) is 81.3 Å². The van der Waals surface area contributed by atoms with E-state index in [1.807, 2.05) is 7.05 Å². The van der Waals surface area contributed by atoms with Gasteiger partial charge in [-0.05, 0) is 55.4 Å². The number of H-pyrrole nitrogens is 1. The lowest BCUT2D eigenvalue weighted by Gasteiger charge is -2.34. The third kappa shape index (κ3) is 5.99. The molecule has 11 heteroatoms. The van der Waals surface area contributed by atoms with E-state index in [4.69, 9.17) is 11.6 Å². The van der Waals surface area contributed by atoms with Gasteiger partial charge < -0.3 is 25.4 Å². The second-order valence-electron chi connectivity index (χ2n) is 10.1. The van der Waals surface area contributed by atoms with E-state index in [-0.39, 0.29) is 35.9 Å². The Bertz CT molecular complexity index is 1470. The molecule has 0 radical (unpaired) electrons. The summed E-state index contributed by atoms with van der Waals surface area (Å²) >= 11 is 6.04. The van der Waals surface area contributed by atoms with E-state index in [9.17, 15) is 10.2 Å². The summed E-state index contributed by atoms with van der Waals surface area (Å²) in [5.74, 6) is -3.05. The predicted molar refractivity (Wildman–Crippen MR) is 148 cm³/mol. The van der Waals surface area contributed by atoms with Crippen molar-refractivity contribution in [2.75, 3.05) is 51.6 Å². The monoisotopic (exact) mass is 556 g/mol. The summed E-state index contributed by atoms with van der Waals surface area (Å²) in [5, 5.41) is 24.9. The number of rotatable bonds is 8. The molecule has 0 unspecified atom stereocenters. The number of halogens is 3. The molecule has 1 saturated heterocycles. The van der Waals surface area contributed by atoms with Crippen LogP contribution in [0.25, 0.3) is 22.4 Å². The number of imidazole rings is 1. The number of fused-ring (bicyclic) bond motifs is 1. The maximum atomic E-state index is 15.4. The summed E-state index contributed by atoms with van der Waals surface area (Å²) in [6.45, 7) is 4.25. The topological polar surface area (TPSA) is 101 Å². The first kappa shape index (κ1) is 27.3. The molecule has 1 aliphatic rings. The number of aryl methyl sites for hydroxylation is 1. The number of aromatic hydroxyl groups is 1. The number of aliphatic hydroxyl groups is 1. The van der Waals surface area contributed by atoms with Gasteiger partial charge in [-0.1, -0.05) is 23.7 Å². The van der Waals surface area contributed by atoms with Gasteiger partial charge in [0, 0.05) is 49.5 Å². The molecule has 4 N–H and O–H groups in total. The Balaban J connectivity index is 1.41. The van der Waals surface area contributed by atoms with E-state index < -0.39 is 12.0 Å². The van der Waals surface area contributed by atoms with Crippen LogP contribution in [-0.2, 0) is 5.92 Å². The third-order valence-corrected chi connectivity index (χ3v) is 7.35. The number of likely N-dealkylation sites (N-methyl/N-ethyl adjacent to an activating group) is 1. The zero-order valence-corrected chi connectivity index (χ0v) is 22.5. The van der Waals surface area contributed by atoms with E-state index in [2.05, 4.69) is 25.2 Å². The van der Waals surface area contributed by atoms with Gasteiger partial charge in [-0.15, -0.1) is 0 Å². The fraction of sp³-hybridized carbons (Fsp3) is 0.357. The molecule has 206 valence electrons. The molecule has 5 rings (SSSR count). The molecule has 0 spiro atoms. The van der Waals surface area contributed by atoms with Gasteiger partial charge in [0.25, 0.3) is 5.92 Å². The number of anilines is 1. The van der Waals surface area contributed by atoms with Crippen LogP contribution >= 0.6 is 11.6 Å². The minimum Gasteiger partial charge on any atom is -0.493 e. The van der Waals surface area contributed by atoms with Crippen LogP contribution < -0.4 is 5.32 Å². The van der Waals surface area contributed by atoms with Crippen molar-refractivity contribution in [1.29, 1.82) is 0 Å². The van der Waals surface area contributed by atoms with Gasteiger partial charge in [0.15, 0.2) is 0 Å². The van der Waals surface area contributed by atoms with Crippen molar-refractivity contribution in [3.05, 3.63) is 70.4 Å². The van der Waals surface area contributed by atoms with E-state index >= 15 is 8.78 Å². The molecule has 2 aromatic heterocycles. The average Bonchev–Trinajstić information content (AvgIpc) is 3.33. The molecule has 1 atom stereocenters. The Kier molecular flexibility index (Phi) is 7.73. The summed E-state index contributed by atoms with van der Waals surface area (Å²) in [6, 6.07) is 11.5. The van der Waals surface area contributed by atoms with Crippen molar-refractivity contribution in [3.8, 4) is 17.3 Å². The highest BCUT2D eigenvalue weighted by Gasteiger charge is 2.35. The highest BCUT2D eigenvalue weighted by Crippen LogP contribution is 2.37. The quantitative estimate of drug-likeness (QED) is 0.248. The molecule has 0 aliphatic carbocycles. The van der Waals surface area contributed by atoms with E-state index in [1.165, 1.54) is 18.3 Å². The molecule has 2 aromatic carbocycles. The van der Waals surface area contributed by atoms with Gasteiger partial charge in [-0.25, -0.2) is 9.97 Å². The van der Waals surface area contributed by atoms with Crippen molar-refractivity contribution in [3.63, 3.8) is 0 Å². The fourth-order valence-corrected chi connectivity index (χ4v) is 5.06. The molecular weight excluding hydrogens is 526 g/mol. The minimum absolute atomic E-state index is 0.0946. The minimum atomic E-state index is -3.05. The van der Waals surface area contributed by atoms with Gasteiger partial charge in [-0.2, -0.15) is 8.78 Å². The third-order valence-electron chi connectivity index (χ3n) is 7.12. The zero-order valence-electron chi connectivity index (χ0n) is 21.8. The molecule has 0 bridgehead atoms. The molecule has 0 saturated carbocycles. The molecule has 39 heavy (non-hydrogen) atoms. The summed E-state index contributed by atoms with van der Waals surface area (Å²) in [5.41, 5.74) is 2.87. The van der Waals surface area contributed by atoms with E-state index in [0.29, 0.717) is 46.0 Å². The number of hydrogen-bond acceptors (Lipinski definition) is 7. The number of nitrogens with one attached hydrogen (secondary N) is 2. The van der Waals surface area contributed by atoms with Gasteiger partial charge >= 0.3 is 0 Å². The van der Waals surface area contributed by atoms with Crippen LogP contribution in [0.1, 0.15) is 22.8 Å². The Morgan fingerprint density at radius 1 is 1.15 bits per heavy atom. The molecular formula is C28H31ClF2N6O2. The van der Waals surface area contributed by atoms with Gasteiger partial charge in [-0.3, -0.25) is 4.90 Å². The molecule has 4 aromatic rings. The maximum Gasteiger partial charge on any atom is 0.285 e. The number of aromatic amines is 1. The van der Waals surface area contributed by atoms with E-state index in [0.717, 1.165) is 13.1 Å². The number of pyridine rings is 1. The van der Waals surface area contributed by atoms with Crippen LogP contribution in [0.15, 0.2) is 48.7 Å². The number of aromatic nitrogens is 3. The van der Waals surface area contributed by atoms with Crippen LogP contribution in [0.2, 0.25) is 5.02 Å². The molecule has 1 fully saturated rings. The standard InChI is InChI=1S/C28H31ClF2N6O2/c1-17-12-19(28(30,31)16-37-10-8-36(2)9-11-37)14-22-25(17)35-26(34-22)24-21(6-7-32-27(24)39)33-15-23(38)18-4-3-5-20(29)13-18/h3-7,12-14,23,38H,8-11,15-16H2,1-2H3,(H,34,35)(H2,32,33,39)/t23-/m0/s1. The Labute approximate surface area is 230 Å². The second-order valence-corrected chi connectivity index (χ2v) is 10.5. The van der Waals surface area contributed by atoms with Crippen molar-refractivity contribution >= 4 is 28.3 Å². The second kappa shape index (κ2) is 11.1. The first-order valence-electron chi connectivity index (χ1n) is 12.8. The molecule has 0 amide bonds. The van der Waals surface area contributed by atoms with Crippen molar-refractivity contribution in [1.82, 2.24) is 24.8 Å². The lowest BCUT2D eigenvalue weighted by atomic mass is 10.0. The SMILES string of the molecule is Cc1cc(C(F)(F)CN2CCN(C)CC2)cc2nc(-c3c(NC[C@H](O)c4cccc(Cl)c4)ccnc3O)[nH]c12.